The van der Waals surface area contributed by atoms with Crippen molar-refractivity contribution < 1.29 is 14.4 Å². The smallest absolute Gasteiger partial charge is 0.325 e. The SMILES string of the molecule is O=C1NC(Cc2ccccc2)(c2ccccc2)C(=O)N1CC(=O)N1CCCC2CCCCC21. The number of imide groups is 1. The van der Waals surface area contributed by atoms with E-state index < -0.39 is 11.6 Å². The van der Waals surface area contributed by atoms with Gasteiger partial charge in [0.05, 0.1) is 0 Å². The molecule has 2 heterocycles. The molecular formula is C27H31N3O3. The maximum absolute atomic E-state index is 13.8. The molecule has 2 aromatic carbocycles. The lowest BCUT2D eigenvalue weighted by atomic mass is 9.78. The highest BCUT2D eigenvalue weighted by molar-refractivity contribution is 6.09. The molecule has 6 heteroatoms. The van der Waals surface area contributed by atoms with E-state index >= 15 is 0 Å². The number of hydrogen-bond donors (Lipinski definition) is 1. The first-order valence-corrected chi connectivity index (χ1v) is 12.1. The van der Waals surface area contributed by atoms with E-state index in [-0.39, 0.29) is 24.4 Å². The summed E-state index contributed by atoms with van der Waals surface area (Å²) < 4.78 is 0. The van der Waals surface area contributed by atoms with Crippen LogP contribution in [0, 0.1) is 5.92 Å². The van der Waals surface area contributed by atoms with Crippen LogP contribution in [0.1, 0.15) is 49.7 Å². The molecule has 3 atom stereocenters. The second kappa shape index (κ2) is 9.00. The van der Waals surface area contributed by atoms with Gasteiger partial charge in [0.2, 0.25) is 5.91 Å². The van der Waals surface area contributed by atoms with E-state index in [0.29, 0.717) is 12.3 Å². The van der Waals surface area contributed by atoms with E-state index in [9.17, 15) is 14.4 Å². The number of nitrogens with zero attached hydrogens (tertiary/aromatic N) is 2. The molecule has 33 heavy (non-hydrogen) atoms. The third-order valence-corrected chi connectivity index (χ3v) is 7.61. The molecule has 2 aliphatic heterocycles. The number of carbonyl (C=O) groups is 3. The van der Waals surface area contributed by atoms with Crippen LogP contribution in [0.2, 0.25) is 0 Å². The number of piperidine rings is 1. The molecule has 0 radical (unpaired) electrons. The Morgan fingerprint density at radius 3 is 2.33 bits per heavy atom. The molecule has 172 valence electrons. The largest absolute Gasteiger partial charge is 0.338 e. The van der Waals surface area contributed by atoms with E-state index in [1.807, 2.05) is 65.6 Å². The Morgan fingerprint density at radius 1 is 0.909 bits per heavy atom. The van der Waals surface area contributed by atoms with Crippen molar-refractivity contribution in [2.24, 2.45) is 5.92 Å². The van der Waals surface area contributed by atoms with Crippen molar-refractivity contribution >= 4 is 17.8 Å². The fraction of sp³-hybridized carbons (Fsp3) is 0.444. The molecule has 2 aromatic rings. The summed E-state index contributed by atoms with van der Waals surface area (Å²) in [6.45, 7) is 0.523. The standard InChI is InChI=1S/C27H31N3O3/c31-24(29-17-9-13-21-12-7-8-16-23(21)29)19-30-25(32)27(28-26(30)33,22-14-5-2-6-15-22)18-20-10-3-1-4-11-20/h1-6,10-11,14-15,21,23H,7-9,12-13,16-19H2,(H,28,33). The van der Waals surface area contributed by atoms with Gasteiger partial charge in [-0.3, -0.25) is 14.5 Å². The van der Waals surface area contributed by atoms with Crippen molar-refractivity contribution in [3.05, 3.63) is 71.8 Å². The van der Waals surface area contributed by atoms with Crippen LogP contribution in [0.15, 0.2) is 60.7 Å². The Kier molecular flexibility index (Phi) is 5.92. The van der Waals surface area contributed by atoms with E-state index in [4.69, 9.17) is 0 Å². The summed E-state index contributed by atoms with van der Waals surface area (Å²) >= 11 is 0. The van der Waals surface area contributed by atoms with Crippen LogP contribution in [0.3, 0.4) is 0 Å². The lowest BCUT2D eigenvalue weighted by molar-refractivity contribution is -0.143. The molecule has 1 aliphatic carbocycles. The van der Waals surface area contributed by atoms with Gasteiger partial charge >= 0.3 is 6.03 Å². The van der Waals surface area contributed by atoms with Gasteiger partial charge < -0.3 is 10.2 Å². The molecule has 0 aromatic heterocycles. The molecule has 4 amide bonds. The molecule has 3 unspecified atom stereocenters. The second-order valence-corrected chi connectivity index (χ2v) is 9.60. The topological polar surface area (TPSA) is 69.7 Å². The van der Waals surface area contributed by atoms with Crippen molar-refractivity contribution in [2.45, 2.75) is 56.5 Å². The van der Waals surface area contributed by atoms with Crippen LogP contribution >= 0.6 is 0 Å². The predicted octanol–water partition coefficient (Wildman–Crippen LogP) is 3.86. The summed E-state index contributed by atoms with van der Waals surface area (Å²) in [4.78, 5) is 43.3. The van der Waals surface area contributed by atoms with Crippen molar-refractivity contribution in [3.63, 3.8) is 0 Å². The minimum Gasteiger partial charge on any atom is -0.338 e. The predicted molar refractivity (Wildman–Crippen MR) is 125 cm³/mol. The zero-order valence-electron chi connectivity index (χ0n) is 18.9. The molecule has 3 fully saturated rings. The van der Waals surface area contributed by atoms with E-state index in [2.05, 4.69) is 5.32 Å². The lowest BCUT2D eigenvalue weighted by Gasteiger charge is -2.44. The van der Waals surface area contributed by atoms with Gasteiger partial charge in [0, 0.05) is 19.0 Å². The summed E-state index contributed by atoms with van der Waals surface area (Å²) in [5.74, 6) is 0.0906. The Balaban J connectivity index is 1.40. The van der Waals surface area contributed by atoms with Gasteiger partial charge in [-0.2, -0.15) is 0 Å². The summed E-state index contributed by atoms with van der Waals surface area (Å²) in [5, 5.41) is 2.96. The van der Waals surface area contributed by atoms with Crippen LogP contribution in [-0.4, -0.2) is 46.8 Å². The third-order valence-electron chi connectivity index (χ3n) is 7.61. The molecule has 1 N–H and O–H groups in total. The van der Waals surface area contributed by atoms with Crippen molar-refractivity contribution in [2.75, 3.05) is 13.1 Å². The van der Waals surface area contributed by atoms with Crippen molar-refractivity contribution in [1.29, 1.82) is 0 Å². The van der Waals surface area contributed by atoms with Gasteiger partial charge in [0.1, 0.15) is 6.54 Å². The van der Waals surface area contributed by atoms with Crippen LogP contribution in [-0.2, 0) is 21.5 Å². The van der Waals surface area contributed by atoms with E-state index in [1.165, 1.54) is 19.3 Å². The molecular weight excluding hydrogens is 414 g/mol. The van der Waals surface area contributed by atoms with Crippen molar-refractivity contribution in [1.82, 2.24) is 15.1 Å². The molecule has 2 saturated heterocycles. The van der Waals surface area contributed by atoms with Gasteiger partial charge in [-0.15, -0.1) is 0 Å². The summed E-state index contributed by atoms with van der Waals surface area (Å²) in [5.41, 5.74) is 0.464. The third kappa shape index (κ3) is 4.03. The average Bonchev–Trinajstić information content (AvgIpc) is 3.09. The Morgan fingerprint density at radius 2 is 1.58 bits per heavy atom. The quantitative estimate of drug-likeness (QED) is 0.711. The molecule has 1 saturated carbocycles. The zero-order chi connectivity index (χ0) is 22.8. The molecule has 3 aliphatic rings. The lowest BCUT2D eigenvalue weighted by Crippen LogP contribution is -2.53. The maximum Gasteiger partial charge on any atom is 0.325 e. The van der Waals surface area contributed by atoms with Crippen LogP contribution < -0.4 is 5.32 Å². The van der Waals surface area contributed by atoms with E-state index in [1.54, 1.807) is 0 Å². The highest BCUT2D eigenvalue weighted by Gasteiger charge is 2.53. The van der Waals surface area contributed by atoms with Gasteiger partial charge in [-0.25, -0.2) is 4.79 Å². The number of hydrogen-bond acceptors (Lipinski definition) is 3. The van der Waals surface area contributed by atoms with Gasteiger partial charge in [0.25, 0.3) is 5.91 Å². The number of fused-ring (bicyclic) bond motifs is 1. The van der Waals surface area contributed by atoms with Gasteiger partial charge in [-0.1, -0.05) is 73.5 Å². The number of carbonyl (C=O) groups excluding carboxylic acids is 3. The number of rotatable bonds is 5. The molecule has 0 spiro atoms. The number of urea groups is 1. The Hall–Kier alpha value is -3.15. The fourth-order valence-electron chi connectivity index (χ4n) is 5.97. The minimum atomic E-state index is -1.21. The second-order valence-electron chi connectivity index (χ2n) is 9.60. The van der Waals surface area contributed by atoms with Gasteiger partial charge in [-0.05, 0) is 42.7 Å². The monoisotopic (exact) mass is 445 g/mol. The number of nitrogens with one attached hydrogen (secondary N) is 1. The number of amides is 4. The summed E-state index contributed by atoms with van der Waals surface area (Å²) in [7, 11) is 0. The first-order valence-electron chi connectivity index (χ1n) is 12.1. The summed E-state index contributed by atoms with van der Waals surface area (Å²) in [6.07, 6.45) is 7.07. The highest BCUT2D eigenvalue weighted by atomic mass is 16.2. The number of likely N-dealkylation sites (tertiary alicyclic amines) is 1. The normalized spacial score (nSPS) is 27.3. The average molecular weight is 446 g/mol. The maximum atomic E-state index is 13.8. The zero-order valence-corrected chi connectivity index (χ0v) is 18.9. The fourth-order valence-corrected chi connectivity index (χ4v) is 5.97. The minimum absolute atomic E-state index is 0.112. The van der Waals surface area contributed by atoms with Crippen LogP contribution in [0.5, 0.6) is 0 Å². The van der Waals surface area contributed by atoms with E-state index in [0.717, 1.165) is 41.8 Å². The van der Waals surface area contributed by atoms with Crippen LogP contribution in [0.4, 0.5) is 4.79 Å². The first kappa shape index (κ1) is 21.7. The van der Waals surface area contributed by atoms with Crippen LogP contribution in [0.25, 0.3) is 0 Å². The highest BCUT2D eigenvalue weighted by Crippen LogP contribution is 2.36. The number of benzene rings is 2. The Labute approximate surface area is 194 Å². The molecule has 6 nitrogen and oxygen atoms in total. The summed E-state index contributed by atoms with van der Waals surface area (Å²) in [6, 6.07) is 18.8. The molecule has 0 bridgehead atoms. The first-order chi connectivity index (χ1) is 16.1. The molecule has 5 rings (SSSR count). The van der Waals surface area contributed by atoms with Crippen molar-refractivity contribution in [3.8, 4) is 0 Å². The van der Waals surface area contributed by atoms with Gasteiger partial charge in [0.15, 0.2) is 5.54 Å². The Bertz CT molecular complexity index is 1020.